The monoisotopic (exact) mass is 286 g/mol. The van der Waals surface area contributed by atoms with Gasteiger partial charge in [-0.3, -0.25) is 4.57 Å². The van der Waals surface area contributed by atoms with Gasteiger partial charge in [0.1, 0.15) is 0 Å². The highest BCUT2D eigenvalue weighted by Gasteiger charge is 2.43. The molecule has 2 fully saturated rings. The van der Waals surface area contributed by atoms with Gasteiger partial charge in [-0.1, -0.05) is 30.3 Å². The Morgan fingerprint density at radius 2 is 1.72 bits per heavy atom. The molecule has 0 radical (unpaired) electrons. The lowest BCUT2D eigenvalue weighted by molar-refractivity contribution is -0.000200. The molecule has 0 spiro atoms. The van der Waals surface area contributed by atoms with Crippen LogP contribution in [-0.4, -0.2) is 17.6 Å². The Labute approximate surface area is 112 Å². The van der Waals surface area contributed by atoms with Gasteiger partial charge in [-0.05, 0) is 18.4 Å². The molecule has 2 atom stereocenters. The number of rotatable bonds is 2. The molecule has 1 saturated carbocycles. The fraction of sp³-hybridized carbons (Fsp3) is 0.538. The van der Waals surface area contributed by atoms with Crippen molar-refractivity contribution in [2.24, 2.45) is 0 Å². The Morgan fingerprint density at radius 3 is 2.33 bits per heavy atom. The zero-order valence-corrected chi connectivity index (χ0v) is 11.6. The van der Waals surface area contributed by atoms with E-state index in [2.05, 4.69) is 0 Å². The lowest BCUT2D eigenvalue weighted by Crippen LogP contribution is -2.37. The number of hydrogen-bond donors (Lipinski definition) is 0. The minimum Gasteiger partial charge on any atom is -0.305 e. The highest BCUT2D eigenvalue weighted by atomic mass is 35.5. The standard InChI is InChI=1S/C13H16ClO3P/c14-11-6-12-8-13(7-11)17-18(15,16-12)9-10-4-2-1-3-5-10/h1-5,11-13H,6-9H2/t11?,12-,13-,18?/m0/s1. The maximum absolute atomic E-state index is 12.6. The summed E-state index contributed by atoms with van der Waals surface area (Å²) in [5, 5.41) is 0.0826. The van der Waals surface area contributed by atoms with Gasteiger partial charge in [-0.25, -0.2) is 0 Å². The predicted molar refractivity (Wildman–Crippen MR) is 71.0 cm³/mol. The molecule has 0 unspecified atom stereocenters. The highest BCUT2D eigenvalue weighted by Crippen LogP contribution is 2.59. The number of benzene rings is 1. The summed E-state index contributed by atoms with van der Waals surface area (Å²) in [5.41, 5.74) is 0.989. The zero-order valence-electron chi connectivity index (χ0n) is 10.00. The van der Waals surface area contributed by atoms with Gasteiger partial charge in [0, 0.05) is 11.8 Å². The van der Waals surface area contributed by atoms with Gasteiger partial charge in [0.2, 0.25) is 0 Å². The lowest BCUT2D eigenvalue weighted by Gasteiger charge is -2.40. The fourth-order valence-corrected chi connectivity index (χ4v) is 5.19. The predicted octanol–water partition coefficient (Wildman–Crippen LogP) is 3.96. The summed E-state index contributed by atoms with van der Waals surface area (Å²) < 4.78 is 24.0. The van der Waals surface area contributed by atoms with Gasteiger partial charge in [-0.15, -0.1) is 11.6 Å². The summed E-state index contributed by atoms with van der Waals surface area (Å²) >= 11 is 6.12. The molecule has 0 amide bonds. The van der Waals surface area contributed by atoms with Crippen molar-refractivity contribution in [3.05, 3.63) is 35.9 Å². The van der Waals surface area contributed by atoms with Gasteiger partial charge in [0.25, 0.3) is 0 Å². The molecular weight excluding hydrogens is 271 g/mol. The largest absolute Gasteiger partial charge is 0.335 e. The molecule has 0 N–H and O–H groups in total. The Morgan fingerprint density at radius 1 is 1.11 bits per heavy atom. The van der Waals surface area contributed by atoms with Crippen molar-refractivity contribution < 1.29 is 13.6 Å². The van der Waals surface area contributed by atoms with Crippen LogP contribution in [-0.2, 0) is 19.8 Å². The topological polar surface area (TPSA) is 35.5 Å². The van der Waals surface area contributed by atoms with Gasteiger partial charge in [-0.2, -0.15) is 0 Å². The summed E-state index contributed by atoms with van der Waals surface area (Å²) in [6.45, 7) is 0. The molecule has 5 heteroatoms. The second-order valence-electron chi connectivity index (χ2n) is 5.01. The van der Waals surface area contributed by atoms with Gasteiger partial charge >= 0.3 is 7.60 Å². The Hall–Kier alpha value is -0.340. The van der Waals surface area contributed by atoms with Crippen LogP contribution in [0.2, 0.25) is 0 Å². The van der Waals surface area contributed by atoms with Crippen molar-refractivity contribution in [3.8, 4) is 0 Å². The van der Waals surface area contributed by atoms with E-state index in [1.54, 1.807) is 0 Å². The second-order valence-corrected chi connectivity index (χ2v) is 7.59. The molecule has 1 aromatic carbocycles. The summed E-state index contributed by atoms with van der Waals surface area (Å²) in [6, 6.07) is 9.69. The molecule has 3 rings (SSSR count). The van der Waals surface area contributed by atoms with Crippen LogP contribution in [0.5, 0.6) is 0 Å². The average Bonchev–Trinajstić information content (AvgIpc) is 2.27. The third-order valence-electron chi connectivity index (χ3n) is 3.40. The molecular formula is C13H16ClO3P. The Kier molecular flexibility index (Phi) is 3.50. The third-order valence-corrected chi connectivity index (χ3v) is 5.75. The van der Waals surface area contributed by atoms with E-state index in [1.165, 1.54) is 0 Å². The molecule has 1 aromatic rings. The van der Waals surface area contributed by atoms with Gasteiger partial charge < -0.3 is 9.05 Å². The van der Waals surface area contributed by atoms with E-state index in [-0.39, 0.29) is 17.6 Å². The van der Waals surface area contributed by atoms with Crippen LogP contribution in [0.3, 0.4) is 0 Å². The molecule has 0 aromatic heterocycles. The van der Waals surface area contributed by atoms with Crippen LogP contribution >= 0.6 is 19.2 Å². The van der Waals surface area contributed by atoms with Crippen LogP contribution in [0.15, 0.2) is 30.3 Å². The molecule has 1 heterocycles. The average molecular weight is 287 g/mol. The molecule has 2 aliphatic rings. The highest BCUT2D eigenvalue weighted by molar-refractivity contribution is 7.53. The maximum atomic E-state index is 12.6. The number of hydrogen-bond acceptors (Lipinski definition) is 3. The number of halogens is 1. The number of fused-ring (bicyclic) bond motifs is 2. The van der Waals surface area contributed by atoms with Crippen molar-refractivity contribution in [3.63, 3.8) is 0 Å². The quantitative estimate of drug-likeness (QED) is 0.610. The minimum absolute atomic E-state index is 0.00505. The molecule has 1 aliphatic carbocycles. The smallest absolute Gasteiger partial charge is 0.305 e. The lowest BCUT2D eigenvalue weighted by atomic mass is 9.95. The van der Waals surface area contributed by atoms with E-state index in [4.69, 9.17) is 20.6 Å². The Bertz CT molecular complexity index is 443. The summed E-state index contributed by atoms with van der Waals surface area (Å²) in [7, 11) is -3.00. The van der Waals surface area contributed by atoms with Crippen molar-refractivity contribution in [1.82, 2.24) is 0 Å². The summed E-state index contributed by atoms with van der Waals surface area (Å²) in [4.78, 5) is 0. The van der Waals surface area contributed by atoms with E-state index in [1.807, 2.05) is 30.3 Å². The SMILES string of the molecule is O=P1(Cc2ccccc2)O[C@H]2CC(Cl)C[C@@H](C2)O1. The second kappa shape index (κ2) is 4.97. The molecule has 18 heavy (non-hydrogen) atoms. The van der Waals surface area contributed by atoms with Crippen LogP contribution in [0.25, 0.3) is 0 Å². The van der Waals surface area contributed by atoms with Crippen LogP contribution in [0, 0.1) is 0 Å². The van der Waals surface area contributed by atoms with Gasteiger partial charge in [0.15, 0.2) is 0 Å². The van der Waals surface area contributed by atoms with E-state index in [0.29, 0.717) is 6.16 Å². The molecule has 1 saturated heterocycles. The first-order chi connectivity index (χ1) is 8.63. The van der Waals surface area contributed by atoms with Crippen molar-refractivity contribution in [2.75, 3.05) is 0 Å². The van der Waals surface area contributed by atoms with Crippen LogP contribution in [0.4, 0.5) is 0 Å². The molecule has 3 nitrogen and oxygen atoms in total. The molecule has 98 valence electrons. The summed E-state index contributed by atoms with van der Waals surface area (Å²) in [6.07, 6.45) is 2.72. The van der Waals surface area contributed by atoms with Crippen molar-refractivity contribution >= 4 is 19.2 Å². The van der Waals surface area contributed by atoms with Crippen LogP contribution < -0.4 is 0 Å². The first-order valence-electron chi connectivity index (χ1n) is 6.27. The first kappa shape index (κ1) is 12.7. The van der Waals surface area contributed by atoms with E-state index in [0.717, 1.165) is 24.8 Å². The van der Waals surface area contributed by atoms with E-state index in [9.17, 15) is 4.57 Å². The maximum Gasteiger partial charge on any atom is 0.335 e. The van der Waals surface area contributed by atoms with Crippen molar-refractivity contribution in [1.29, 1.82) is 0 Å². The molecule has 1 aliphatic heterocycles. The molecule has 2 bridgehead atoms. The first-order valence-corrected chi connectivity index (χ1v) is 8.43. The minimum atomic E-state index is -3.00. The Balaban J connectivity index is 1.74. The number of alkyl halides is 1. The van der Waals surface area contributed by atoms with Crippen LogP contribution in [0.1, 0.15) is 24.8 Å². The van der Waals surface area contributed by atoms with E-state index < -0.39 is 7.60 Å². The van der Waals surface area contributed by atoms with E-state index >= 15 is 0 Å². The third kappa shape index (κ3) is 2.80. The zero-order chi connectivity index (χ0) is 12.6. The van der Waals surface area contributed by atoms with Crippen molar-refractivity contribution in [2.45, 2.75) is 43.0 Å². The summed E-state index contributed by atoms with van der Waals surface area (Å²) in [5.74, 6) is 0. The van der Waals surface area contributed by atoms with Gasteiger partial charge in [0.05, 0.1) is 18.4 Å². The fourth-order valence-electron chi connectivity index (χ4n) is 2.69. The normalized spacial score (nSPS) is 39.5.